The quantitative estimate of drug-likeness (QED) is 0.448. The lowest BCUT2D eigenvalue weighted by atomic mass is 10.1. The molecule has 0 heterocycles. The minimum Gasteiger partial charge on any atom is -0.392 e. The molecule has 0 saturated heterocycles. The normalized spacial score (nSPS) is 10.2. The van der Waals surface area contributed by atoms with Crippen LogP contribution >= 0.6 is 0 Å². The van der Waals surface area contributed by atoms with Crippen LogP contribution in [0.1, 0.15) is 35.7 Å². The molecule has 0 aliphatic heterocycles. The molecule has 1 rings (SSSR count). The van der Waals surface area contributed by atoms with E-state index in [1.54, 1.807) is 24.3 Å². The van der Waals surface area contributed by atoms with E-state index in [0.717, 1.165) is 12.8 Å². The Morgan fingerprint density at radius 3 is 2.75 bits per heavy atom. The summed E-state index contributed by atoms with van der Waals surface area (Å²) in [6.07, 6.45) is 1.87. The van der Waals surface area contributed by atoms with Gasteiger partial charge in [-0.3, -0.25) is 9.80 Å². The van der Waals surface area contributed by atoms with Crippen molar-refractivity contribution in [3.8, 4) is 0 Å². The van der Waals surface area contributed by atoms with Gasteiger partial charge in [-0.25, -0.2) is 5.84 Å². The van der Waals surface area contributed by atoms with E-state index < -0.39 is 0 Å². The molecule has 0 spiro atoms. The van der Waals surface area contributed by atoms with Gasteiger partial charge in [0.15, 0.2) is 0 Å². The third-order valence-corrected chi connectivity index (χ3v) is 2.43. The largest absolute Gasteiger partial charge is 0.392 e. The summed E-state index contributed by atoms with van der Waals surface area (Å²) >= 11 is 0. The number of unbranched alkanes of at least 4 members (excludes halogenated alkanes) is 1. The second kappa shape index (κ2) is 6.25. The van der Waals surface area contributed by atoms with Crippen LogP contribution in [0, 0.1) is 0 Å². The van der Waals surface area contributed by atoms with Crippen LogP contribution in [0.4, 0.5) is 0 Å². The summed E-state index contributed by atoms with van der Waals surface area (Å²) in [7, 11) is 0. The molecule has 88 valence electrons. The second-order valence-electron chi connectivity index (χ2n) is 3.67. The van der Waals surface area contributed by atoms with E-state index >= 15 is 0 Å². The Hall–Kier alpha value is -1.39. The Bertz CT molecular complexity index is 353. The molecule has 1 amide bonds. The maximum atomic E-state index is 11.9. The highest BCUT2D eigenvalue weighted by Crippen LogP contribution is 2.10. The van der Waals surface area contributed by atoms with Crippen molar-refractivity contribution >= 4 is 5.91 Å². The predicted octanol–water partition coefficient (Wildman–Crippen LogP) is 1.29. The molecule has 0 saturated carbocycles. The van der Waals surface area contributed by atoms with E-state index in [2.05, 4.69) is 0 Å². The number of rotatable bonds is 5. The van der Waals surface area contributed by atoms with Crippen molar-refractivity contribution < 1.29 is 9.90 Å². The summed E-state index contributed by atoms with van der Waals surface area (Å²) in [5.41, 5.74) is 1.09. The number of benzene rings is 1. The summed E-state index contributed by atoms with van der Waals surface area (Å²) in [6.45, 7) is 2.43. The van der Waals surface area contributed by atoms with E-state index in [0.29, 0.717) is 17.7 Å². The van der Waals surface area contributed by atoms with Crippen molar-refractivity contribution in [1.82, 2.24) is 5.01 Å². The molecule has 4 heteroatoms. The number of nitrogens with two attached hydrogens (primary N) is 1. The standard InChI is InChI=1S/C12H18N2O2/c1-2-3-8-14(13)12(16)11-7-5-4-6-10(11)9-15/h4-7,15H,2-3,8-9,13H2,1H3. The fourth-order valence-corrected chi connectivity index (χ4v) is 1.45. The van der Waals surface area contributed by atoms with Crippen LogP contribution in [-0.2, 0) is 6.61 Å². The average Bonchev–Trinajstić information content (AvgIpc) is 2.34. The van der Waals surface area contributed by atoms with Crippen molar-refractivity contribution in [3.63, 3.8) is 0 Å². The van der Waals surface area contributed by atoms with Gasteiger partial charge in [-0.15, -0.1) is 0 Å². The lowest BCUT2D eigenvalue weighted by Gasteiger charge is -2.17. The van der Waals surface area contributed by atoms with Crippen LogP contribution in [0.5, 0.6) is 0 Å². The lowest BCUT2D eigenvalue weighted by Crippen LogP contribution is -2.38. The molecule has 0 aromatic heterocycles. The lowest BCUT2D eigenvalue weighted by molar-refractivity contribution is 0.0750. The minimum atomic E-state index is -0.238. The fraction of sp³-hybridized carbons (Fsp3) is 0.417. The molecule has 4 nitrogen and oxygen atoms in total. The van der Waals surface area contributed by atoms with Crippen LogP contribution in [0.2, 0.25) is 0 Å². The van der Waals surface area contributed by atoms with E-state index in [1.807, 2.05) is 6.92 Å². The zero-order chi connectivity index (χ0) is 12.0. The smallest absolute Gasteiger partial charge is 0.268 e. The van der Waals surface area contributed by atoms with Crippen molar-refractivity contribution in [3.05, 3.63) is 35.4 Å². The Morgan fingerprint density at radius 1 is 1.44 bits per heavy atom. The van der Waals surface area contributed by atoms with Gasteiger partial charge in [-0.1, -0.05) is 31.5 Å². The molecule has 0 radical (unpaired) electrons. The van der Waals surface area contributed by atoms with Gasteiger partial charge >= 0.3 is 0 Å². The molecule has 0 unspecified atom stereocenters. The van der Waals surface area contributed by atoms with Gasteiger partial charge in [0.05, 0.1) is 6.61 Å². The van der Waals surface area contributed by atoms with Crippen molar-refractivity contribution in [1.29, 1.82) is 0 Å². The molecular formula is C12H18N2O2. The molecule has 3 N–H and O–H groups in total. The minimum absolute atomic E-state index is 0.149. The van der Waals surface area contributed by atoms with Crippen molar-refractivity contribution in [2.24, 2.45) is 5.84 Å². The van der Waals surface area contributed by atoms with Gasteiger partial charge in [-0.2, -0.15) is 0 Å². The average molecular weight is 222 g/mol. The van der Waals surface area contributed by atoms with Crippen molar-refractivity contribution in [2.75, 3.05) is 6.54 Å². The highest BCUT2D eigenvalue weighted by Gasteiger charge is 2.14. The summed E-state index contributed by atoms with van der Waals surface area (Å²) in [6, 6.07) is 6.95. The number of aliphatic hydroxyl groups is 1. The third kappa shape index (κ3) is 3.05. The summed E-state index contributed by atoms with van der Waals surface area (Å²) in [5.74, 6) is 5.42. The molecule has 0 atom stereocenters. The zero-order valence-electron chi connectivity index (χ0n) is 9.52. The molecule has 0 bridgehead atoms. The SMILES string of the molecule is CCCCN(N)C(=O)c1ccccc1CO. The molecule has 16 heavy (non-hydrogen) atoms. The maximum Gasteiger partial charge on any atom is 0.268 e. The van der Waals surface area contributed by atoms with Crippen LogP contribution in [-0.4, -0.2) is 22.6 Å². The first-order valence-electron chi connectivity index (χ1n) is 5.46. The summed E-state index contributed by atoms with van der Waals surface area (Å²) < 4.78 is 0. The Morgan fingerprint density at radius 2 is 2.12 bits per heavy atom. The first kappa shape index (κ1) is 12.7. The third-order valence-electron chi connectivity index (χ3n) is 2.43. The Balaban J connectivity index is 2.79. The van der Waals surface area contributed by atoms with Gasteiger partial charge in [0.1, 0.15) is 0 Å². The van der Waals surface area contributed by atoms with Crippen LogP contribution in [0.25, 0.3) is 0 Å². The summed E-state index contributed by atoms with van der Waals surface area (Å²) in [5, 5.41) is 10.3. The second-order valence-corrected chi connectivity index (χ2v) is 3.67. The zero-order valence-corrected chi connectivity index (χ0v) is 9.52. The molecular weight excluding hydrogens is 204 g/mol. The molecule has 0 aliphatic rings. The number of nitrogens with zero attached hydrogens (tertiary/aromatic N) is 1. The molecule has 0 fully saturated rings. The van der Waals surface area contributed by atoms with Crippen molar-refractivity contribution in [2.45, 2.75) is 26.4 Å². The fourth-order valence-electron chi connectivity index (χ4n) is 1.45. The molecule has 1 aromatic carbocycles. The van der Waals surface area contributed by atoms with Gasteiger partial charge in [0, 0.05) is 12.1 Å². The van der Waals surface area contributed by atoms with Gasteiger partial charge in [-0.05, 0) is 18.1 Å². The van der Waals surface area contributed by atoms with Crippen LogP contribution < -0.4 is 5.84 Å². The van der Waals surface area contributed by atoms with E-state index in [1.165, 1.54) is 5.01 Å². The number of hydrazine groups is 1. The first-order chi connectivity index (χ1) is 7.70. The van der Waals surface area contributed by atoms with Gasteiger partial charge in [0.25, 0.3) is 5.91 Å². The first-order valence-corrected chi connectivity index (χ1v) is 5.46. The van der Waals surface area contributed by atoms with Crippen LogP contribution in [0.15, 0.2) is 24.3 Å². The summed E-state index contributed by atoms with van der Waals surface area (Å²) in [4.78, 5) is 11.9. The van der Waals surface area contributed by atoms with Gasteiger partial charge in [0.2, 0.25) is 0 Å². The monoisotopic (exact) mass is 222 g/mol. The number of hydrogen-bond acceptors (Lipinski definition) is 3. The number of aliphatic hydroxyl groups excluding tert-OH is 1. The molecule has 1 aromatic rings. The maximum absolute atomic E-state index is 11.9. The highest BCUT2D eigenvalue weighted by atomic mass is 16.3. The number of carbonyl (C=O) groups is 1. The Kier molecular flexibility index (Phi) is 4.95. The topological polar surface area (TPSA) is 66.6 Å². The highest BCUT2D eigenvalue weighted by molar-refractivity contribution is 5.95. The Labute approximate surface area is 95.6 Å². The van der Waals surface area contributed by atoms with Crippen LogP contribution in [0.3, 0.4) is 0 Å². The predicted molar refractivity (Wildman–Crippen MR) is 62.5 cm³/mol. The van der Waals surface area contributed by atoms with E-state index in [4.69, 9.17) is 10.9 Å². The van der Waals surface area contributed by atoms with Gasteiger partial charge < -0.3 is 5.11 Å². The molecule has 0 aliphatic carbocycles. The number of amides is 1. The number of hydrogen-bond donors (Lipinski definition) is 2. The van der Waals surface area contributed by atoms with E-state index in [-0.39, 0.29) is 12.5 Å². The number of carbonyl (C=O) groups excluding carboxylic acids is 1. The van der Waals surface area contributed by atoms with E-state index in [9.17, 15) is 4.79 Å².